The summed E-state index contributed by atoms with van der Waals surface area (Å²) in [5, 5.41) is 12.9. The Hall–Kier alpha value is -0.490. The Bertz CT molecular complexity index is 292. The van der Waals surface area contributed by atoms with E-state index >= 15 is 0 Å². The van der Waals surface area contributed by atoms with Crippen LogP contribution in [-0.2, 0) is 11.3 Å². The van der Waals surface area contributed by atoms with E-state index in [4.69, 9.17) is 9.15 Å². The summed E-state index contributed by atoms with van der Waals surface area (Å²) in [6.45, 7) is 4.42. The normalized spacial score (nSPS) is 14.6. The van der Waals surface area contributed by atoms with Crippen LogP contribution < -0.4 is 5.32 Å². The summed E-state index contributed by atoms with van der Waals surface area (Å²) in [5.74, 6) is 2.54. The number of furan rings is 1. The predicted octanol–water partition coefficient (Wildman–Crippen LogP) is 1.75. The molecule has 0 aromatic carbocycles. The number of nitrogens with one attached hydrogen (secondary N) is 1. The number of aliphatic hydroxyl groups is 1. The lowest BCUT2D eigenvalue weighted by molar-refractivity contribution is 0.0225. The number of ether oxygens (including phenoxy) is 1. The second-order valence-electron chi connectivity index (χ2n) is 4.47. The van der Waals surface area contributed by atoms with Crippen molar-refractivity contribution in [2.45, 2.75) is 19.6 Å². The fraction of sp³-hybridized carbons (Fsp3) is 0.692. The Balaban J connectivity index is 1.98. The van der Waals surface area contributed by atoms with Gasteiger partial charge in [0.25, 0.3) is 0 Å². The molecule has 1 heterocycles. The molecule has 2 N–H and O–H groups in total. The molecule has 0 fully saturated rings. The molecule has 1 aromatic heterocycles. The monoisotopic (exact) mass is 273 g/mol. The summed E-state index contributed by atoms with van der Waals surface area (Å²) in [4.78, 5) is 0. The lowest BCUT2D eigenvalue weighted by Gasteiger charge is -2.14. The van der Waals surface area contributed by atoms with Crippen molar-refractivity contribution < 1.29 is 14.3 Å². The molecule has 5 heteroatoms. The molecule has 0 aliphatic heterocycles. The summed E-state index contributed by atoms with van der Waals surface area (Å²) < 4.78 is 10.5. The van der Waals surface area contributed by atoms with Crippen LogP contribution in [0.1, 0.15) is 12.7 Å². The number of hydrogen-bond acceptors (Lipinski definition) is 5. The van der Waals surface area contributed by atoms with Gasteiger partial charge >= 0.3 is 0 Å². The van der Waals surface area contributed by atoms with Gasteiger partial charge < -0.3 is 19.6 Å². The summed E-state index contributed by atoms with van der Waals surface area (Å²) >= 11 is 1.84. The van der Waals surface area contributed by atoms with Gasteiger partial charge in [0.05, 0.1) is 19.0 Å². The standard InChI is InChI=1S/C13H23NO3S/c1-11(10-18-2)6-14-7-12(15)8-16-9-13-4-3-5-17-13/h3-5,11-12,14-15H,6-10H2,1-2H3. The van der Waals surface area contributed by atoms with E-state index in [0.717, 1.165) is 18.1 Å². The highest BCUT2D eigenvalue weighted by atomic mass is 32.2. The minimum absolute atomic E-state index is 0.324. The van der Waals surface area contributed by atoms with Crippen LogP contribution in [-0.4, -0.2) is 42.9 Å². The van der Waals surface area contributed by atoms with Crippen molar-refractivity contribution in [2.24, 2.45) is 5.92 Å². The lowest BCUT2D eigenvalue weighted by Crippen LogP contribution is -2.33. The van der Waals surface area contributed by atoms with E-state index in [0.29, 0.717) is 25.7 Å². The zero-order valence-electron chi connectivity index (χ0n) is 11.1. The van der Waals surface area contributed by atoms with Crippen LogP contribution >= 0.6 is 11.8 Å². The summed E-state index contributed by atoms with van der Waals surface area (Å²) in [6, 6.07) is 3.68. The average Bonchev–Trinajstić information content (AvgIpc) is 2.82. The fourth-order valence-electron chi connectivity index (χ4n) is 1.59. The first kappa shape index (κ1) is 15.6. The van der Waals surface area contributed by atoms with Gasteiger partial charge in [0.1, 0.15) is 12.4 Å². The Morgan fingerprint density at radius 2 is 2.33 bits per heavy atom. The predicted molar refractivity (Wildman–Crippen MR) is 74.8 cm³/mol. The highest BCUT2D eigenvalue weighted by Crippen LogP contribution is 2.03. The van der Waals surface area contributed by atoms with Crippen molar-refractivity contribution in [1.29, 1.82) is 0 Å². The highest BCUT2D eigenvalue weighted by Gasteiger charge is 2.06. The lowest BCUT2D eigenvalue weighted by atomic mass is 10.2. The third-order valence-corrected chi connectivity index (χ3v) is 3.36. The van der Waals surface area contributed by atoms with Crippen LogP contribution in [0.15, 0.2) is 22.8 Å². The number of thioether (sulfide) groups is 1. The largest absolute Gasteiger partial charge is 0.467 e. The van der Waals surface area contributed by atoms with Gasteiger partial charge in [-0.05, 0) is 36.6 Å². The van der Waals surface area contributed by atoms with Gasteiger partial charge in [-0.2, -0.15) is 11.8 Å². The third-order valence-electron chi connectivity index (χ3n) is 2.46. The van der Waals surface area contributed by atoms with Crippen LogP contribution in [0.3, 0.4) is 0 Å². The molecule has 0 aliphatic rings. The van der Waals surface area contributed by atoms with Crippen LogP contribution in [0.4, 0.5) is 0 Å². The van der Waals surface area contributed by atoms with E-state index in [9.17, 15) is 5.11 Å². The van der Waals surface area contributed by atoms with E-state index in [2.05, 4.69) is 18.5 Å². The van der Waals surface area contributed by atoms with Crippen molar-refractivity contribution in [3.63, 3.8) is 0 Å². The Morgan fingerprint density at radius 3 is 3.00 bits per heavy atom. The van der Waals surface area contributed by atoms with E-state index in [1.54, 1.807) is 6.26 Å². The molecule has 0 aliphatic carbocycles. The molecule has 0 radical (unpaired) electrons. The average molecular weight is 273 g/mol. The minimum Gasteiger partial charge on any atom is -0.467 e. The zero-order valence-corrected chi connectivity index (χ0v) is 11.9. The van der Waals surface area contributed by atoms with Gasteiger partial charge in [0.15, 0.2) is 0 Å². The first-order chi connectivity index (χ1) is 8.72. The second-order valence-corrected chi connectivity index (χ2v) is 5.38. The summed E-state index contributed by atoms with van der Waals surface area (Å²) in [7, 11) is 0. The number of hydrogen-bond donors (Lipinski definition) is 2. The van der Waals surface area contributed by atoms with Gasteiger partial charge in [-0.25, -0.2) is 0 Å². The second kappa shape index (κ2) is 9.44. The molecule has 1 aromatic rings. The van der Waals surface area contributed by atoms with Crippen LogP contribution in [0.2, 0.25) is 0 Å². The molecule has 2 unspecified atom stereocenters. The highest BCUT2D eigenvalue weighted by molar-refractivity contribution is 7.98. The first-order valence-corrected chi connectivity index (χ1v) is 7.59. The first-order valence-electron chi connectivity index (χ1n) is 6.20. The molecular weight excluding hydrogens is 250 g/mol. The maximum Gasteiger partial charge on any atom is 0.129 e. The molecule has 1 rings (SSSR count). The van der Waals surface area contributed by atoms with Crippen LogP contribution in [0.5, 0.6) is 0 Å². The molecular formula is C13H23NO3S. The van der Waals surface area contributed by atoms with Crippen molar-refractivity contribution >= 4 is 11.8 Å². The van der Waals surface area contributed by atoms with Crippen LogP contribution in [0, 0.1) is 5.92 Å². The maximum absolute atomic E-state index is 9.70. The van der Waals surface area contributed by atoms with Crippen LogP contribution in [0.25, 0.3) is 0 Å². The molecule has 0 spiro atoms. The Labute approximate surface area is 113 Å². The molecule has 104 valence electrons. The summed E-state index contributed by atoms with van der Waals surface area (Å²) in [5.41, 5.74) is 0. The molecule has 0 amide bonds. The van der Waals surface area contributed by atoms with Crippen molar-refractivity contribution in [1.82, 2.24) is 5.32 Å². The van der Waals surface area contributed by atoms with E-state index in [1.807, 2.05) is 23.9 Å². The maximum atomic E-state index is 9.70. The number of aliphatic hydroxyl groups excluding tert-OH is 1. The molecule has 0 saturated heterocycles. The minimum atomic E-state index is -0.471. The SMILES string of the molecule is CSCC(C)CNCC(O)COCc1ccco1. The van der Waals surface area contributed by atoms with Crippen molar-refractivity contribution in [2.75, 3.05) is 31.7 Å². The number of rotatable bonds is 10. The molecule has 0 bridgehead atoms. The molecule has 18 heavy (non-hydrogen) atoms. The van der Waals surface area contributed by atoms with Gasteiger partial charge in [-0.15, -0.1) is 0 Å². The van der Waals surface area contributed by atoms with Gasteiger partial charge in [0, 0.05) is 6.54 Å². The fourth-order valence-corrected chi connectivity index (χ4v) is 2.28. The zero-order chi connectivity index (χ0) is 13.2. The van der Waals surface area contributed by atoms with Gasteiger partial charge in [-0.1, -0.05) is 6.92 Å². The molecule has 0 saturated carbocycles. The Kier molecular flexibility index (Phi) is 8.17. The molecule has 2 atom stereocenters. The topological polar surface area (TPSA) is 54.6 Å². The molecule has 4 nitrogen and oxygen atoms in total. The van der Waals surface area contributed by atoms with Crippen molar-refractivity contribution in [3.8, 4) is 0 Å². The van der Waals surface area contributed by atoms with E-state index in [1.165, 1.54) is 0 Å². The third kappa shape index (κ3) is 7.06. The Morgan fingerprint density at radius 1 is 1.50 bits per heavy atom. The van der Waals surface area contributed by atoms with E-state index < -0.39 is 6.10 Å². The van der Waals surface area contributed by atoms with Gasteiger partial charge in [-0.3, -0.25) is 0 Å². The van der Waals surface area contributed by atoms with Crippen molar-refractivity contribution in [3.05, 3.63) is 24.2 Å². The van der Waals surface area contributed by atoms with E-state index in [-0.39, 0.29) is 0 Å². The quantitative estimate of drug-likeness (QED) is 0.680. The van der Waals surface area contributed by atoms with Gasteiger partial charge in [0.2, 0.25) is 0 Å². The smallest absolute Gasteiger partial charge is 0.129 e. The summed E-state index contributed by atoms with van der Waals surface area (Å²) in [6.07, 6.45) is 3.25.